The van der Waals surface area contributed by atoms with Crippen LogP contribution in [0.15, 0.2) is 39.5 Å². The van der Waals surface area contributed by atoms with Crippen molar-refractivity contribution in [2.24, 2.45) is 5.73 Å². The van der Waals surface area contributed by atoms with E-state index in [1.54, 1.807) is 15.9 Å². The van der Waals surface area contributed by atoms with E-state index in [0.29, 0.717) is 12.1 Å². The zero-order chi connectivity index (χ0) is 15.0. The Balaban J connectivity index is 2.02. The highest BCUT2D eigenvalue weighted by molar-refractivity contribution is 7.12. The number of rotatable bonds is 4. The van der Waals surface area contributed by atoms with Gasteiger partial charge in [0.25, 0.3) is 0 Å². The monoisotopic (exact) mass is 302 g/mol. The molecule has 2 aromatic heterocycles. The van der Waals surface area contributed by atoms with E-state index >= 15 is 0 Å². The first kappa shape index (κ1) is 14.1. The van der Waals surface area contributed by atoms with Gasteiger partial charge in [0.1, 0.15) is 0 Å². The van der Waals surface area contributed by atoms with Gasteiger partial charge >= 0.3 is 5.76 Å². The van der Waals surface area contributed by atoms with Crippen LogP contribution in [0.25, 0.3) is 11.1 Å². The molecular weight excluding hydrogens is 284 g/mol. The number of oxazole rings is 1. The summed E-state index contributed by atoms with van der Waals surface area (Å²) in [7, 11) is 0. The lowest BCUT2D eigenvalue weighted by molar-refractivity contribution is 0.513. The number of fused-ring (bicyclic) bond motifs is 1. The van der Waals surface area contributed by atoms with Crippen LogP contribution in [-0.4, -0.2) is 4.57 Å². The molecule has 0 amide bonds. The Hall–Kier alpha value is -1.85. The third kappa shape index (κ3) is 2.43. The maximum Gasteiger partial charge on any atom is 0.419 e. The van der Waals surface area contributed by atoms with E-state index in [0.717, 1.165) is 22.4 Å². The SMILES string of the molecule is CCc1ccc(C(N)c2ccc3c(c2)oc(=O)n3CC)s1. The van der Waals surface area contributed by atoms with Crippen LogP contribution in [-0.2, 0) is 13.0 Å². The van der Waals surface area contributed by atoms with Gasteiger partial charge in [-0.15, -0.1) is 11.3 Å². The molecule has 3 rings (SSSR count). The molecule has 4 nitrogen and oxygen atoms in total. The summed E-state index contributed by atoms with van der Waals surface area (Å²) in [6.07, 6.45) is 1.02. The second kappa shape index (κ2) is 5.50. The number of hydrogen-bond donors (Lipinski definition) is 1. The molecule has 5 heteroatoms. The largest absolute Gasteiger partial charge is 0.419 e. The first-order chi connectivity index (χ1) is 10.1. The highest BCUT2D eigenvalue weighted by Crippen LogP contribution is 2.28. The van der Waals surface area contributed by atoms with E-state index in [1.165, 1.54) is 4.88 Å². The molecular formula is C16H18N2O2S. The number of aromatic nitrogens is 1. The maximum absolute atomic E-state index is 11.7. The van der Waals surface area contributed by atoms with Crippen molar-refractivity contribution in [1.29, 1.82) is 0 Å². The first-order valence-electron chi connectivity index (χ1n) is 7.11. The van der Waals surface area contributed by atoms with E-state index in [4.69, 9.17) is 10.2 Å². The van der Waals surface area contributed by atoms with E-state index < -0.39 is 0 Å². The molecule has 0 spiro atoms. The van der Waals surface area contributed by atoms with Gasteiger partial charge in [-0.3, -0.25) is 4.57 Å². The summed E-state index contributed by atoms with van der Waals surface area (Å²) < 4.78 is 6.91. The molecule has 0 bridgehead atoms. The highest BCUT2D eigenvalue weighted by atomic mass is 32.1. The van der Waals surface area contributed by atoms with Crippen LogP contribution in [0.1, 0.15) is 35.2 Å². The van der Waals surface area contributed by atoms with Gasteiger partial charge in [-0.1, -0.05) is 13.0 Å². The highest BCUT2D eigenvalue weighted by Gasteiger charge is 2.14. The van der Waals surface area contributed by atoms with E-state index in [9.17, 15) is 4.79 Å². The normalized spacial score (nSPS) is 12.9. The summed E-state index contributed by atoms with van der Waals surface area (Å²) in [5.41, 5.74) is 8.72. The topological polar surface area (TPSA) is 61.2 Å². The van der Waals surface area contributed by atoms with E-state index in [2.05, 4.69) is 19.1 Å². The number of nitrogens with zero attached hydrogens (tertiary/aromatic N) is 1. The van der Waals surface area contributed by atoms with Crippen molar-refractivity contribution in [1.82, 2.24) is 4.57 Å². The predicted octanol–water partition coefficient (Wildman–Crippen LogP) is 3.29. The molecule has 21 heavy (non-hydrogen) atoms. The second-order valence-electron chi connectivity index (χ2n) is 4.97. The van der Waals surface area contributed by atoms with Crippen LogP contribution in [0, 0.1) is 0 Å². The predicted molar refractivity (Wildman–Crippen MR) is 85.9 cm³/mol. The molecule has 0 radical (unpaired) electrons. The van der Waals surface area contributed by atoms with Crippen LogP contribution >= 0.6 is 11.3 Å². The number of thiophene rings is 1. The summed E-state index contributed by atoms with van der Waals surface area (Å²) in [6.45, 7) is 4.66. The molecule has 0 saturated heterocycles. The Morgan fingerprint density at radius 1 is 1.29 bits per heavy atom. The molecule has 1 unspecified atom stereocenters. The third-order valence-corrected chi connectivity index (χ3v) is 5.02. The Morgan fingerprint density at radius 3 is 2.76 bits per heavy atom. The fraction of sp³-hybridized carbons (Fsp3) is 0.312. The van der Waals surface area contributed by atoms with Crippen LogP contribution in [0.4, 0.5) is 0 Å². The summed E-state index contributed by atoms with van der Waals surface area (Å²) in [5, 5.41) is 0. The molecule has 0 aliphatic carbocycles. The molecule has 1 aromatic carbocycles. The molecule has 2 heterocycles. The smallest absolute Gasteiger partial charge is 0.408 e. The summed E-state index contributed by atoms with van der Waals surface area (Å²) in [4.78, 5) is 14.2. The average molecular weight is 302 g/mol. The lowest BCUT2D eigenvalue weighted by Gasteiger charge is -2.09. The number of benzene rings is 1. The second-order valence-corrected chi connectivity index (χ2v) is 6.17. The van der Waals surface area contributed by atoms with Crippen molar-refractivity contribution < 1.29 is 4.42 Å². The standard InChI is InChI=1S/C16H18N2O2S/c1-3-11-6-8-14(21-11)15(17)10-5-7-12-13(9-10)20-16(19)18(12)4-2/h5-9,15H,3-4,17H2,1-2H3. The molecule has 110 valence electrons. The molecule has 0 aliphatic rings. The Morgan fingerprint density at radius 2 is 2.10 bits per heavy atom. The molecule has 0 saturated carbocycles. The van der Waals surface area contributed by atoms with Crippen LogP contribution in [0.2, 0.25) is 0 Å². The molecule has 2 N–H and O–H groups in total. The number of nitrogens with two attached hydrogens (primary N) is 1. The minimum atomic E-state index is -0.317. The Kier molecular flexibility index (Phi) is 3.69. The van der Waals surface area contributed by atoms with Gasteiger partial charge in [-0.05, 0) is 43.2 Å². The van der Waals surface area contributed by atoms with Gasteiger partial charge in [-0.25, -0.2) is 4.79 Å². The third-order valence-electron chi connectivity index (χ3n) is 3.71. The number of hydrogen-bond acceptors (Lipinski definition) is 4. The van der Waals surface area contributed by atoms with Gasteiger partial charge < -0.3 is 10.2 Å². The van der Waals surface area contributed by atoms with Gasteiger partial charge in [-0.2, -0.15) is 0 Å². The van der Waals surface area contributed by atoms with Crippen molar-refractivity contribution in [2.75, 3.05) is 0 Å². The summed E-state index contributed by atoms with van der Waals surface area (Å²) in [6, 6.07) is 9.76. The van der Waals surface area contributed by atoms with Crippen molar-refractivity contribution in [2.45, 2.75) is 32.9 Å². The molecule has 0 fully saturated rings. The number of aryl methyl sites for hydroxylation is 2. The Labute approximate surface area is 126 Å². The van der Waals surface area contributed by atoms with Crippen molar-refractivity contribution in [3.8, 4) is 0 Å². The fourth-order valence-corrected chi connectivity index (χ4v) is 3.47. The van der Waals surface area contributed by atoms with Crippen LogP contribution in [0.3, 0.4) is 0 Å². The van der Waals surface area contributed by atoms with Gasteiger partial charge in [0, 0.05) is 16.3 Å². The maximum atomic E-state index is 11.7. The van der Waals surface area contributed by atoms with Gasteiger partial charge in [0.15, 0.2) is 5.58 Å². The van der Waals surface area contributed by atoms with Crippen LogP contribution in [0.5, 0.6) is 0 Å². The lowest BCUT2D eigenvalue weighted by atomic mass is 10.1. The first-order valence-corrected chi connectivity index (χ1v) is 7.93. The van der Waals surface area contributed by atoms with Crippen LogP contribution < -0.4 is 11.5 Å². The lowest BCUT2D eigenvalue weighted by Crippen LogP contribution is -2.12. The zero-order valence-electron chi connectivity index (χ0n) is 12.1. The quantitative estimate of drug-likeness (QED) is 0.804. The van der Waals surface area contributed by atoms with Crippen molar-refractivity contribution in [3.05, 3.63) is 56.2 Å². The molecule has 0 aliphatic heterocycles. The molecule has 1 atom stereocenters. The van der Waals surface area contributed by atoms with E-state index in [-0.39, 0.29) is 11.8 Å². The molecule has 3 aromatic rings. The van der Waals surface area contributed by atoms with Gasteiger partial charge in [0.2, 0.25) is 0 Å². The average Bonchev–Trinajstić information content (AvgIpc) is 3.08. The minimum absolute atomic E-state index is 0.185. The van der Waals surface area contributed by atoms with E-state index in [1.807, 2.05) is 25.1 Å². The van der Waals surface area contributed by atoms with Crippen molar-refractivity contribution in [3.63, 3.8) is 0 Å². The summed E-state index contributed by atoms with van der Waals surface area (Å²) >= 11 is 1.73. The minimum Gasteiger partial charge on any atom is -0.408 e. The van der Waals surface area contributed by atoms with Crippen molar-refractivity contribution >= 4 is 22.4 Å². The zero-order valence-corrected chi connectivity index (χ0v) is 12.9. The van der Waals surface area contributed by atoms with Gasteiger partial charge in [0.05, 0.1) is 11.6 Å². The fourth-order valence-electron chi connectivity index (χ4n) is 2.49. The Bertz CT molecular complexity index is 828. The summed E-state index contributed by atoms with van der Waals surface area (Å²) in [5.74, 6) is -0.317.